The highest BCUT2D eigenvalue weighted by molar-refractivity contribution is 6.53. The Morgan fingerprint density at radius 3 is 2.13 bits per heavy atom. The lowest BCUT2D eigenvalue weighted by molar-refractivity contribution is -0.140. The molecular formula is C28H18Cl3F8N3O3. The van der Waals surface area contributed by atoms with Gasteiger partial charge in [-0.1, -0.05) is 24.6 Å². The molecule has 0 saturated heterocycles. The Morgan fingerprint density at radius 2 is 1.51 bits per heavy atom. The molecular weight excluding hydrogens is 685 g/mol. The van der Waals surface area contributed by atoms with Crippen LogP contribution in [0.4, 0.5) is 52.2 Å². The van der Waals surface area contributed by atoms with E-state index in [0.29, 0.717) is 18.2 Å². The molecule has 45 heavy (non-hydrogen) atoms. The smallest absolute Gasteiger partial charge is 0.326 e. The van der Waals surface area contributed by atoms with Gasteiger partial charge in [-0.3, -0.25) is 14.4 Å². The number of alkyl halides is 7. The highest BCUT2D eigenvalue weighted by Crippen LogP contribution is 2.65. The van der Waals surface area contributed by atoms with E-state index in [2.05, 4.69) is 10.6 Å². The first-order valence-electron chi connectivity index (χ1n) is 12.6. The van der Waals surface area contributed by atoms with Gasteiger partial charge in [-0.2, -0.15) is 22.0 Å². The van der Waals surface area contributed by atoms with Gasteiger partial charge >= 0.3 is 12.1 Å². The van der Waals surface area contributed by atoms with Gasteiger partial charge in [-0.15, -0.1) is 23.2 Å². The number of rotatable bonds is 8. The van der Waals surface area contributed by atoms with E-state index >= 15 is 0 Å². The summed E-state index contributed by atoms with van der Waals surface area (Å²) >= 11 is 18.5. The van der Waals surface area contributed by atoms with Crippen LogP contribution in [0.25, 0.3) is 0 Å². The Bertz CT molecular complexity index is 1700. The molecule has 17 heteroatoms. The van der Waals surface area contributed by atoms with Crippen molar-refractivity contribution in [2.24, 2.45) is 5.92 Å². The molecule has 1 saturated carbocycles. The van der Waals surface area contributed by atoms with Gasteiger partial charge < -0.3 is 16.0 Å². The number of halogens is 11. The topological polar surface area (TPSA) is 87.3 Å². The number of nitrogens with one attached hydrogen (secondary N) is 3. The third kappa shape index (κ3) is 6.97. The van der Waals surface area contributed by atoms with Gasteiger partial charge in [0.05, 0.1) is 27.8 Å². The fourth-order valence-corrected chi connectivity index (χ4v) is 5.37. The molecule has 1 fully saturated rings. The van der Waals surface area contributed by atoms with Crippen molar-refractivity contribution < 1.29 is 49.5 Å². The van der Waals surface area contributed by atoms with E-state index in [4.69, 9.17) is 34.8 Å². The summed E-state index contributed by atoms with van der Waals surface area (Å²) in [5.41, 5.74) is -4.16. The lowest BCUT2D eigenvalue weighted by atomic mass is 10.0. The molecule has 3 aromatic rings. The molecule has 1 aliphatic carbocycles. The van der Waals surface area contributed by atoms with Gasteiger partial charge in [0, 0.05) is 18.0 Å². The third-order valence-corrected chi connectivity index (χ3v) is 8.09. The van der Waals surface area contributed by atoms with Gasteiger partial charge in [-0.25, -0.2) is 13.2 Å². The number of amides is 3. The molecule has 240 valence electrons. The lowest BCUT2D eigenvalue weighted by Crippen LogP contribution is -2.34. The molecule has 0 bridgehead atoms. The SMILES string of the molecule is CCC(F)(F)C(=O)Nc1c(F)ccc(NC(=O)c2cc(NC(=O)[C@H]3[C@H](c4ccc(F)c(C(F)(F)F)c4)C3(Cl)Cl)ccc2Cl)c1F. The van der Waals surface area contributed by atoms with Crippen molar-refractivity contribution in [3.8, 4) is 0 Å². The van der Waals surface area contributed by atoms with Gasteiger partial charge in [-0.05, 0) is 48.0 Å². The first kappa shape index (κ1) is 34.3. The predicted molar refractivity (Wildman–Crippen MR) is 150 cm³/mol. The van der Waals surface area contributed by atoms with E-state index in [9.17, 15) is 49.5 Å². The first-order valence-corrected chi connectivity index (χ1v) is 13.8. The summed E-state index contributed by atoms with van der Waals surface area (Å²) in [6.07, 6.45) is -5.97. The molecule has 0 spiro atoms. The predicted octanol–water partition coefficient (Wildman–Crippen LogP) is 8.54. The van der Waals surface area contributed by atoms with Crippen LogP contribution in [0.15, 0.2) is 48.5 Å². The number of hydrogen-bond donors (Lipinski definition) is 3. The molecule has 3 N–H and O–H groups in total. The second-order valence-corrected chi connectivity index (χ2v) is 11.7. The maximum Gasteiger partial charge on any atom is 0.419 e. The highest BCUT2D eigenvalue weighted by Gasteiger charge is 2.67. The normalized spacial score (nSPS) is 17.4. The minimum absolute atomic E-state index is 0.0891. The standard InChI is InChI=1S/C28H18Cl3F8N3O3/c1-2-26(35,36)25(45)42-22-17(33)7-8-18(21(22)34)41-23(43)13-10-12(4-5-15(13)29)40-24(44)20-19(27(20,30)31)11-3-6-16(32)14(9-11)28(37,38)39/h3-10,19-20H,2H2,1H3,(H,40,44)(H,41,43)(H,42,45)/t19-,20+/m0/s1. The molecule has 0 aromatic heterocycles. The molecule has 2 atom stereocenters. The van der Waals surface area contributed by atoms with Crippen molar-refractivity contribution >= 4 is 69.6 Å². The monoisotopic (exact) mass is 701 g/mol. The summed E-state index contributed by atoms with van der Waals surface area (Å²) in [6.45, 7) is 0.979. The van der Waals surface area contributed by atoms with Gasteiger partial charge in [0.15, 0.2) is 5.82 Å². The second kappa shape index (κ2) is 12.3. The van der Waals surface area contributed by atoms with Crippen molar-refractivity contribution in [2.75, 3.05) is 16.0 Å². The van der Waals surface area contributed by atoms with Gasteiger partial charge in [0.1, 0.15) is 21.7 Å². The van der Waals surface area contributed by atoms with Crippen molar-refractivity contribution in [1.82, 2.24) is 0 Å². The fraction of sp³-hybridized carbons (Fsp3) is 0.250. The van der Waals surface area contributed by atoms with Crippen LogP contribution in [0.1, 0.15) is 40.7 Å². The van der Waals surface area contributed by atoms with Crippen LogP contribution < -0.4 is 16.0 Å². The number of hydrogen-bond acceptors (Lipinski definition) is 3. The summed E-state index contributed by atoms with van der Waals surface area (Å²) < 4.78 is 108. The summed E-state index contributed by atoms with van der Waals surface area (Å²) in [5.74, 6) is -14.9. The number of carbonyl (C=O) groups excluding carboxylic acids is 3. The van der Waals surface area contributed by atoms with Crippen LogP contribution in [0.3, 0.4) is 0 Å². The zero-order chi connectivity index (χ0) is 33.6. The Kier molecular flexibility index (Phi) is 9.36. The quantitative estimate of drug-likeness (QED) is 0.163. The van der Waals surface area contributed by atoms with Crippen molar-refractivity contribution in [3.63, 3.8) is 0 Å². The maximum atomic E-state index is 15.0. The third-order valence-electron chi connectivity index (χ3n) is 6.82. The molecule has 3 aromatic carbocycles. The second-order valence-electron chi connectivity index (χ2n) is 9.80. The molecule has 0 heterocycles. The van der Waals surface area contributed by atoms with Crippen LogP contribution in [0.2, 0.25) is 5.02 Å². The fourth-order valence-electron chi connectivity index (χ4n) is 4.34. The summed E-state index contributed by atoms with van der Waals surface area (Å²) in [5, 5.41) is 5.68. The lowest BCUT2D eigenvalue weighted by Gasteiger charge is -2.16. The van der Waals surface area contributed by atoms with E-state index in [1.165, 1.54) is 11.4 Å². The molecule has 0 unspecified atom stereocenters. The Labute approximate surface area is 264 Å². The average molecular weight is 703 g/mol. The molecule has 6 nitrogen and oxygen atoms in total. The largest absolute Gasteiger partial charge is 0.419 e. The Balaban J connectivity index is 1.53. The number of carbonyl (C=O) groups is 3. The first-order chi connectivity index (χ1) is 20.8. The summed E-state index contributed by atoms with van der Waals surface area (Å²) in [6, 6.07) is 6.85. The van der Waals surface area contributed by atoms with Gasteiger partial charge in [0.25, 0.3) is 11.8 Å². The van der Waals surface area contributed by atoms with Crippen molar-refractivity contribution in [2.45, 2.75) is 35.7 Å². The summed E-state index contributed by atoms with van der Waals surface area (Å²) in [4.78, 5) is 37.7. The number of benzene rings is 3. The van der Waals surface area contributed by atoms with Crippen molar-refractivity contribution in [1.29, 1.82) is 0 Å². The minimum atomic E-state index is -5.02. The van der Waals surface area contributed by atoms with E-state index < -0.39 is 86.8 Å². The average Bonchev–Trinajstić information content (AvgIpc) is 3.54. The molecule has 0 radical (unpaired) electrons. The molecule has 0 aliphatic heterocycles. The molecule has 4 rings (SSSR count). The van der Waals surface area contributed by atoms with Crippen LogP contribution in [-0.2, 0) is 15.8 Å². The van der Waals surface area contributed by atoms with E-state index in [1.807, 2.05) is 0 Å². The molecule has 3 amide bonds. The number of anilines is 3. The Hall–Kier alpha value is -3.62. The zero-order valence-corrected chi connectivity index (χ0v) is 24.6. The van der Waals surface area contributed by atoms with Gasteiger partial charge in [0.2, 0.25) is 5.91 Å². The van der Waals surface area contributed by atoms with Crippen molar-refractivity contribution in [3.05, 3.63) is 87.7 Å². The highest BCUT2D eigenvalue weighted by atomic mass is 35.5. The summed E-state index contributed by atoms with van der Waals surface area (Å²) in [7, 11) is 0. The molecule has 1 aliphatic rings. The van der Waals surface area contributed by atoms with E-state index in [0.717, 1.165) is 31.2 Å². The minimum Gasteiger partial charge on any atom is -0.326 e. The van der Waals surface area contributed by atoms with Crippen LogP contribution in [0, 0.1) is 23.4 Å². The van der Waals surface area contributed by atoms with E-state index in [-0.39, 0.29) is 21.8 Å². The van der Waals surface area contributed by atoms with Crippen LogP contribution in [0.5, 0.6) is 0 Å². The Morgan fingerprint density at radius 1 is 0.867 bits per heavy atom. The zero-order valence-electron chi connectivity index (χ0n) is 22.4. The van der Waals surface area contributed by atoms with E-state index in [1.54, 1.807) is 0 Å². The van der Waals surface area contributed by atoms with Crippen LogP contribution >= 0.6 is 34.8 Å². The van der Waals surface area contributed by atoms with Crippen LogP contribution in [-0.4, -0.2) is 28.0 Å². The maximum absolute atomic E-state index is 15.0.